The second kappa shape index (κ2) is 13.9. The van der Waals surface area contributed by atoms with Crippen LogP contribution in [0.2, 0.25) is 0 Å². The lowest BCUT2D eigenvalue weighted by Crippen LogP contribution is -2.68. The van der Waals surface area contributed by atoms with E-state index >= 15 is 0 Å². The van der Waals surface area contributed by atoms with Crippen LogP contribution in [0.5, 0.6) is 0 Å². The Labute approximate surface area is 322 Å². The van der Waals surface area contributed by atoms with E-state index in [9.17, 15) is 18.3 Å². The van der Waals surface area contributed by atoms with Crippen LogP contribution in [0.15, 0.2) is 35.5 Å². The number of fused-ring (bicyclic) bond motifs is 7. The van der Waals surface area contributed by atoms with Crippen LogP contribution in [-0.4, -0.2) is 80.8 Å². The van der Waals surface area contributed by atoms with Crippen LogP contribution in [0.1, 0.15) is 126 Å². The summed E-state index contributed by atoms with van der Waals surface area (Å²) in [6, 6.07) is 0. The molecule has 0 amide bonds. The van der Waals surface area contributed by atoms with Gasteiger partial charge in [-0.15, -0.1) is 0 Å². The fourth-order valence-electron chi connectivity index (χ4n) is 14.9. The number of carbonyl (C=O) groups excluding carboxylic acids is 1. The Morgan fingerprint density at radius 1 is 0.943 bits per heavy atom. The van der Waals surface area contributed by atoms with Crippen molar-refractivity contribution in [2.45, 2.75) is 131 Å². The van der Waals surface area contributed by atoms with Gasteiger partial charge in [-0.3, -0.25) is 4.79 Å². The molecule has 0 bridgehead atoms. The second-order valence-electron chi connectivity index (χ2n) is 20.4. The van der Waals surface area contributed by atoms with E-state index in [0.29, 0.717) is 73.6 Å². The standard InChI is InChI=1S/C45H72N2O5S/c1-9-52-39(49)44(30-48)19-12-32(13-20-44)34-15-17-41(6)36(40(34,4)5)16-18-43(8)37(41)11-10-35-38-33(31(2)3)14-21-45(38,23-22-42(35,43)7)46-24-25-47-26-28-53(50,51)29-27-47/h12,15,33,35-38,46,48H,2,9-11,13-14,16-30H2,1,3-8H3/t33-,35+,36?,37?,38?,41-,42+,43+,44-,45-/m0/s1. The molecule has 0 aromatic heterocycles. The molecule has 8 heteroatoms. The largest absolute Gasteiger partial charge is 0.465 e. The van der Waals surface area contributed by atoms with Crippen molar-refractivity contribution >= 4 is 15.8 Å². The molecule has 0 radical (unpaired) electrons. The number of esters is 1. The molecule has 7 rings (SSSR count). The predicted octanol–water partition coefficient (Wildman–Crippen LogP) is 7.90. The molecule has 4 saturated carbocycles. The van der Waals surface area contributed by atoms with E-state index < -0.39 is 15.3 Å². The van der Waals surface area contributed by atoms with E-state index in [-0.39, 0.29) is 39.8 Å². The minimum absolute atomic E-state index is 0.0434. The Bertz CT molecular complexity index is 1620. The van der Waals surface area contributed by atoms with Crippen molar-refractivity contribution in [2.75, 3.05) is 50.9 Å². The highest BCUT2D eigenvalue weighted by atomic mass is 32.2. The maximum Gasteiger partial charge on any atom is 0.314 e. The van der Waals surface area contributed by atoms with Crippen molar-refractivity contribution < 1.29 is 23.1 Å². The summed E-state index contributed by atoms with van der Waals surface area (Å²) in [6.07, 6.45) is 18.2. The molecule has 0 aromatic rings. The van der Waals surface area contributed by atoms with Crippen molar-refractivity contribution in [1.82, 2.24) is 10.2 Å². The molecule has 0 aromatic carbocycles. The number of hydrogen-bond donors (Lipinski definition) is 2. The minimum atomic E-state index is -2.86. The average Bonchev–Trinajstić information content (AvgIpc) is 3.49. The van der Waals surface area contributed by atoms with Gasteiger partial charge in [0.05, 0.1) is 30.1 Å². The highest BCUT2D eigenvalue weighted by Crippen LogP contribution is 2.76. The first-order chi connectivity index (χ1) is 24.9. The number of aliphatic hydroxyl groups is 1. The number of allylic oxidation sites excluding steroid dienone is 5. The Morgan fingerprint density at radius 3 is 2.32 bits per heavy atom. The lowest BCUT2D eigenvalue weighted by molar-refractivity contribution is -0.221. The zero-order valence-electron chi connectivity index (χ0n) is 34.3. The van der Waals surface area contributed by atoms with Crippen LogP contribution in [-0.2, 0) is 19.4 Å². The molecule has 53 heavy (non-hydrogen) atoms. The molecule has 7 aliphatic rings. The number of nitrogens with zero attached hydrogens (tertiary/aromatic N) is 1. The molecule has 0 spiro atoms. The molecule has 1 aliphatic heterocycles. The number of hydrogen-bond acceptors (Lipinski definition) is 7. The van der Waals surface area contributed by atoms with E-state index in [1.54, 1.807) is 0 Å². The highest BCUT2D eigenvalue weighted by Gasteiger charge is 2.70. The zero-order valence-corrected chi connectivity index (χ0v) is 35.1. The first-order valence-corrected chi connectivity index (χ1v) is 23.3. The summed E-state index contributed by atoms with van der Waals surface area (Å²) in [5.74, 6) is 3.48. The Morgan fingerprint density at radius 2 is 1.68 bits per heavy atom. The Hall–Kier alpha value is -1.48. The van der Waals surface area contributed by atoms with Gasteiger partial charge in [0, 0.05) is 31.7 Å². The Kier molecular flexibility index (Phi) is 10.4. The maximum atomic E-state index is 12.9. The molecular weight excluding hydrogens is 681 g/mol. The maximum absolute atomic E-state index is 12.9. The third-order valence-corrected chi connectivity index (χ3v) is 19.6. The molecular formula is C45H72N2O5S. The molecule has 2 N–H and O–H groups in total. The molecule has 1 heterocycles. The van der Waals surface area contributed by atoms with Crippen LogP contribution in [0.4, 0.5) is 0 Å². The molecule has 5 fully saturated rings. The van der Waals surface area contributed by atoms with E-state index in [0.717, 1.165) is 25.9 Å². The summed E-state index contributed by atoms with van der Waals surface area (Å²) in [7, 11) is -2.86. The van der Waals surface area contributed by atoms with Crippen LogP contribution in [0.25, 0.3) is 0 Å². The lowest BCUT2D eigenvalue weighted by atomic mass is 9.33. The van der Waals surface area contributed by atoms with Crippen molar-refractivity contribution in [3.8, 4) is 0 Å². The summed E-state index contributed by atoms with van der Waals surface area (Å²) in [5, 5.41) is 14.5. The number of nitrogens with one attached hydrogen (secondary N) is 1. The van der Waals surface area contributed by atoms with E-state index in [1.165, 1.54) is 68.1 Å². The zero-order chi connectivity index (χ0) is 38.2. The summed E-state index contributed by atoms with van der Waals surface area (Å²) in [4.78, 5) is 15.2. The average molecular weight is 753 g/mol. The van der Waals surface area contributed by atoms with Gasteiger partial charge in [0.1, 0.15) is 0 Å². The molecule has 7 nitrogen and oxygen atoms in total. The van der Waals surface area contributed by atoms with Gasteiger partial charge in [0.2, 0.25) is 0 Å². The van der Waals surface area contributed by atoms with Crippen molar-refractivity contribution in [1.29, 1.82) is 0 Å². The fourth-order valence-corrected chi connectivity index (χ4v) is 16.1. The van der Waals surface area contributed by atoms with Crippen molar-refractivity contribution in [3.63, 3.8) is 0 Å². The van der Waals surface area contributed by atoms with Gasteiger partial charge >= 0.3 is 5.97 Å². The minimum Gasteiger partial charge on any atom is -0.465 e. The van der Waals surface area contributed by atoms with Gasteiger partial charge in [-0.2, -0.15) is 0 Å². The van der Waals surface area contributed by atoms with Gasteiger partial charge in [0.25, 0.3) is 0 Å². The molecule has 298 valence electrons. The molecule has 1 saturated heterocycles. The van der Waals surface area contributed by atoms with Gasteiger partial charge in [-0.1, -0.05) is 58.9 Å². The van der Waals surface area contributed by atoms with E-state index in [4.69, 9.17) is 4.74 Å². The first-order valence-electron chi connectivity index (χ1n) is 21.4. The van der Waals surface area contributed by atoms with Crippen LogP contribution >= 0.6 is 0 Å². The number of rotatable bonds is 9. The quantitative estimate of drug-likeness (QED) is 0.183. The lowest BCUT2D eigenvalue weighted by Gasteiger charge is -2.72. The van der Waals surface area contributed by atoms with Crippen LogP contribution < -0.4 is 5.32 Å². The molecule has 10 atom stereocenters. The van der Waals surface area contributed by atoms with E-state index in [1.807, 2.05) is 6.92 Å². The molecule has 3 unspecified atom stereocenters. The van der Waals surface area contributed by atoms with E-state index in [2.05, 4.69) is 70.5 Å². The third-order valence-electron chi connectivity index (χ3n) is 18.0. The highest BCUT2D eigenvalue weighted by molar-refractivity contribution is 7.91. The number of aliphatic hydroxyl groups excluding tert-OH is 1. The van der Waals surface area contributed by atoms with Gasteiger partial charge in [-0.05, 0) is 153 Å². The SMILES string of the molecule is C=C(C)[C@@H]1CC[C@]2(NCCN3CCS(=O)(=O)CC3)CC[C@]3(C)[C@H](CCC4[C@@]5(C)CC=C(C6=CC[C@](CO)(C(=O)OCC)CC6)C(C)(C)C5CC[C@]43C)C12. The van der Waals surface area contributed by atoms with Crippen molar-refractivity contribution in [2.24, 2.45) is 56.7 Å². The summed E-state index contributed by atoms with van der Waals surface area (Å²) < 4.78 is 29.5. The van der Waals surface area contributed by atoms with Crippen LogP contribution in [0, 0.1) is 56.7 Å². The topological polar surface area (TPSA) is 95.9 Å². The number of sulfone groups is 1. The molecule has 6 aliphatic carbocycles. The van der Waals surface area contributed by atoms with Crippen LogP contribution in [0.3, 0.4) is 0 Å². The second-order valence-corrected chi connectivity index (χ2v) is 22.7. The summed E-state index contributed by atoms with van der Waals surface area (Å²) in [5.41, 5.74) is 4.44. The Balaban J connectivity index is 1.12. The van der Waals surface area contributed by atoms with Crippen molar-refractivity contribution in [3.05, 3.63) is 35.5 Å². The summed E-state index contributed by atoms with van der Waals surface area (Å²) in [6.45, 7) is 25.2. The first kappa shape index (κ1) is 39.7. The normalized spacial score (nSPS) is 44.7. The monoisotopic (exact) mass is 753 g/mol. The van der Waals surface area contributed by atoms with Gasteiger partial charge < -0.3 is 20.1 Å². The third kappa shape index (κ3) is 6.20. The number of carbonyl (C=O) groups is 1. The van der Waals surface area contributed by atoms with Gasteiger partial charge in [-0.25, -0.2) is 8.42 Å². The van der Waals surface area contributed by atoms with Gasteiger partial charge in [0.15, 0.2) is 9.84 Å². The predicted molar refractivity (Wildman–Crippen MR) is 214 cm³/mol. The summed E-state index contributed by atoms with van der Waals surface area (Å²) >= 11 is 0. The fraction of sp³-hybridized carbons (Fsp3) is 0.844. The smallest absolute Gasteiger partial charge is 0.314 e. The number of ether oxygens (including phenoxy) is 1.